The second kappa shape index (κ2) is 5.13. The van der Waals surface area contributed by atoms with E-state index in [2.05, 4.69) is 27.5 Å². The number of rotatable bonds is 3. The molecule has 1 saturated heterocycles. The number of hydrogen-bond acceptors (Lipinski definition) is 4. The van der Waals surface area contributed by atoms with E-state index in [0.29, 0.717) is 24.0 Å². The molecule has 2 heterocycles. The van der Waals surface area contributed by atoms with Gasteiger partial charge in [0.05, 0.1) is 5.52 Å². The first-order valence-electron chi connectivity index (χ1n) is 6.87. The number of carbonyl (C=O) groups is 1. The van der Waals surface area contributed by atoms with Gasteiger partial charge in [-0.2, -0.15) is 5.10 Å². The van der Waals surface area contributed by atoms with Crippen molar-refractivity contribution in [3.05, 3.63) is 23.9 Å². The zero-order valence-corrected chi connectivity index (χ0v) is 11.5. The third kappa shape index (κ3) is 2.34. The minimum Gasteiger partial charge on any atom is -0.399 e. The van der Waals surface area contributed by atoms with Gasteiger partial charge in [-0.05, 0) is 44.6 Å². The van der Waals surface area contributed by atoms with Crippen molar-refractivity contribution in [3.63, 3.8) is 0 Å². The number of nitrogen functional groups attached to an aromatic ring is 1. The number of hydrogen-bond donors (Lipinski definition) is 3. The van der Waals surface area contributed by atoms with Gasteiger partial charge in [0, 0.05) is 23.7 Å². The number of H-pyrrole nitrogens is 1. The van der Waals surface area contributed by atoms with E-state index in [-0.39, 0.29) is 5.91 Å². The standard InChI is InChI=1S/C14H19N5O/c1-19-6-2-3-10(19)8-16-14(20)13-11-7-9(15)4-5-12(11)17-18-13/h4-5,7,10H,2-3,6,8,15H2,1H3,(H,16,20)(H,17,18). The summed E-state index contributed by atoms with van der Waals surface area (Å²) in [6.07, 6.45) is 2.32. The van der Waals surface area contributed by atoms with E-state index < -0.39 is 0 Å². The number of aromatic nitrogens is 2. The number of aromatic amines is 1. The minimum atomic E-state index is -0.151. The molecule has 1 amide bonds. The lowest BCUT2D eigenvalue weighted by molar-refractivity contribution is 0.0940. The number of likely N-dealkylation sites (N-methyl/N-ethyl adjacent to an activating group) is 1. The number of amides is 1. The van der Waals surface area contributed by atoms with E-state index in [1.165, 1.54) is 6.42 Å². The van der Waals surface area contributed by atoms with Gasteiger partial charge in [0.1, 0.15) is 0 Å². The maximum Gasteiger partial charge on any atom is 0.272 e. The van der Waals surface area contributed by atoms with Gasteiger partial charge in [-0.25, -0.2) is 0 Å². The van der Waals surface area contributed by atoms with Crippen molar-refractivity contribution in [1.82, 2.24) is 20.4 Å². The minimum absolute atomic E-state index is 0.151. The summed E-state index contributed by atoms with van der Waals surface area (Å²) in [6, 6.07) is 5.82. The molecular weight excluding hydrogens is 254 g/mol. The SMILES string of the molecule is CN1CCCC1CNC(=O)c1n[nH]c2ccc(N)cc12. The number of likely N-dealkylation sites (tertiary alicyclic amines) is 1. The molecule has 0 bridgehead atoms. The predicted molar refractivity (Wildman–Crippen MR) is 78.5 cm³/mol. The summed E-state index contributed by atoms with van der Waals surface area (Å²) in [7, 11) is 2.09. The van der Waals surface area contributed by atoms with Crippen LogP contribution in [0, 0.1) is 0 Å². The van der Waals surface area contributed by atoms with Gasteiger partial charge in [0.25, 0.3) is 5.91 Å². The number of carbonyl (C=O) groups excluding carboxylic acids is 1. The molecule has 1 aromatic heterocycles. The Bertz CT molecular complexity index is 636. The molecule has 20 heavy (non-hydrogen) atoms. The Kier molecular flexibility index (Phi) is 3.31. The van der Waals surface area contributed by atoms with Crippen LogP contribution in [0.1, 0.15) is 23.3 Å². The number of benzene rings is 1. The highest BCUT2D eigenvalue weighted by Gasteiger charge is 2.22. The van der Waals surface area contributed by atoms with Gasteiger partial charge in [-0.15, -0.1) is 0 Å². The molecule has 1 atom stereocenters. The van der Waals surface area contributed by atoms with Crippen molar-refractivity contribution in [1.29, 1.82) is 0 Å². The van der Waals surface area contributed by atoms with Gasteiger partial charge in [0.15, 0.2) is 5.69 Å². The molecule has 106 valence electrons. The average Bonchev–Trinajstić information content (AvgIpc) is 3.02. The van der Waals surface area contributed by atoms with Crippen molar-refractivity contribution >= 4 is 22.5 Å². The van der Waals surface area contributed by atoms with E-state index in [1.54, 1.807) is 12.1 Å². The van der Waals surface area contributed by atoms with Crippen molar-refractivity contribution in [2.24, 2.45) is 0 Å². The van der Waals surface area contributed by atoms with Gasteiger partial charge in [-0.3, -0.25) is 9.89 Å². The molecule has 4 N–H and O–H groups in total. The zero-order chi connectivity index (χ0) is 14.1. The molecule has 1 fully saturated rings. The third-order valence-corrected chi connectivity index (χ3v) is 3.97. The molecule has 6 heteroatoms. The molecule has 0 aliphatic carbocycles. The number of fused-ring (bicyclic) bond motifs is 1. The first kappa shape index (κ1) is 12.9. The largest absolute Gasteiger partial charge is 0.399 e. The van der Waals surface area contributed by atoms with Crippen LogP contribution in [0.5, 0.6) is 0 Å². The van der Waals surface area contributed by atoms with Crippen LogP contribution in [0.2, 0.25) is 0 Å². The monoisotopic (exact) mass is 273 g/mol. The lowest BCUT2D eigenvalue weighted by atomic mass is 10.1. The van der Waals surface area contributed by atoms with Crippen LogP contribution < -0.4 is 11.1 Å². The van der Waals surface area contributed by atoms with Crippen molar-refractivity contribution in [3.8, 4) is 0 Å². The van der Waals surface area contributed by atoms with Crippen LogP contribution in [0.15, 0.2) is 18.2 Å². The number of anilines is 1. The Hall–Kier alpha value is -2.08. The first-order chi connectivity index (χ1) is 9.65. The summed E-state index contributed by atoms with van der Waals surface area (Å²) in [5.74, 6) is -0.151. The fourth-order valence-corrected chi connectivity index (χ4v) is 2.74. The molecule has 1 aromatic carbocycles. The number of nitrogens with two attached hydrogens (primary N) is 1. The molecule has 0 radical (unpaired) electrons. The fourth-order valence-electron chi connectivity index (χ4n) is 2.74. The van der Waals surface area contributed by atoms with E-state index in [4.69, 9.17) is 5.73 Å². The normalized spacial score (nSPS) is 19.6. The lowest BCUT2D eigenvalue weighted by Crippen LogP contribution is -2.38. The third-order valence-electron chi connectivity index (χ3n) is 3.97. The van der Waals surface area contributed by atoms with Crippen LogP contribution in [0.25, 0.3) is 10.9 Å². The Balaban J connectivity index is 1.74. The van der Waals surface area contributed by atoms with Crippen molar-refractivity contribution in [2.45, 2.75) is 18.9 Å². The summed E-state index contributed by atoms with van der Waals surface area (Å²) < 4.78 is 0. The highest BCUT2D eigenvalue weighted by Crippen LogP contribution is 2.19. The highest BCUT2D eigenvalue weighted by atomic mass is 16.1. The van der Waals surface area contributed by atoms with E-state index in [9.17, 15) is 4.79 Å². The summed E-state index contributed by atoms with van der Waals surface area (Å²) in [6.45, 7) is 1.76. The first-order valence-corrected chi connectivity index (χ1v) is 6.87. The summed E-state index contributed by atoms with van der Waals surface area (Å²) in [5.41, 5.74) is 7.62. The predicted octanol–water partition coefficient (Wildman–Crippen LogP) is 0.969. The van der Waals surface area contributed by atoms with Crippen LogP contribution in [0.3, 0.4) is 0 Å². The van der Waals surface area contributed by atoms with Crippen LogP contribution >= 0.6 is 0 Å². The molecule has 0 saturated carbocycles. The Morgan fingerprint density at radius 1 is 1.60 bits per heavy atom. The van der Waals surface area contributed by atoms with E-state index in [0.717, 1.165) is 23.9 Å². The lowest BCUT2D eigenvalue weighted by Gasteiger charge is -2.19. The second-order valence-corrected chi connectivity index (χ2v) is 5.36. The molecular formula is C14H19N5O. The van der Waals surface area contributed by atoms with Crippen LogP contribution in [-0.2, 0) is 0 Å². The van der Waals surface area contributed by atoms with Gasteiger partial charge in [-0.1, -0.05) is 0 Å². The molecule has 1 aliphatic rings. The summed E-state index contributed by atoms with van der Waals surface area (Å²) in [4.78, 5) is 14.5. The molecule has 1 aliphatic heterocycles. The van der Waals surface area contributed by atoms with Gasteiger partial charge < -0.3 is 16.0 Å². The van der Waals surface area contributed by atoms with E-state index in [1.807, 2.05) is 6.07 Å². The molecule has 2 aromatic rings. The van der Waals surface area contributed by atoms with Crippen LogP contribution in [-0.4, -0.2) is 47.2 Å². The molecule has 1 unspecified atom stereocenters. The highest BCUT2D eigenvalue weighted by molar-refractivity contribution is 6.05. The average molecular weight is 273 g/mol. The van der Waals surface area contributed by atoms with Crippen LogP contribution in [0.4, 0.5) is 5.69 Å². The molecule has 0 spiro atoms. The summed E-state index contributed by atoms with van der Waals surface area (Å²) in [5, 5.41) is 10.7. The second-order valence-electron chi connectivity index (χ2n) is 5.36. The smallest absolute Gasteiger partial charge is 0.272 e. The maximum absolute atomic E-state index is 12.2. The van der Waals surface area contributed by atoms with Gasteiger partial charge in [0.2, 0.25) is 0 Å². The van der Waals surface area contributed by atoms with Crippen molar-refractivity contribution in [2.75, 3.05) is 25.9 Å². The number of nitrogens with one attached hydrogen (secondary N) is 2. The van der Waals surface area contributed by atoms with Gasteiger partial charge >= 0.3 is 0 Å². The Morgan fingerprint density at radius 2 is 2.45 bits per heavy atom. The zero-order valence-electron chi connectivity index (χ0n) is 11.5. The molecule has 3 rings (SSSR count). The maximum atomic E-state index is 12.2. The number of nitrogens with zero attached hydrogens (tertiary/aromatic N) is 2. The van der Waals surface area contributed by atoms with Crippen molar-refractivity contribution < 1.29 is 4.79 Å². The van der Waals surface area contributed by atoms with E-state index >= 15 is 0 Å². The fraction of sp³-hybridized carbons (Fsp3) is 0.429. The topological polar surface area (TPSA) is 87.0 Å². The quantitative estimate of drug-likeness (QED) is 0.727. The Labute approximate surface area is 117 Å². The summed E-state index contributed by atoms with van der Waals surface area (Å²) >= 11 is 0. The molecule has 6 nitrogen and oxygen atoms in total. The Morgan fingerprint density at radius 3 is 3.20 bits per heavy atom.